The third kappa shape index (κ3) is 5.49. The molecule has 134 valence electrons. The van der Waals surface area contributed by atoms with Gasteiger partial charge in [-0.2, -0.15) is 0 Å². The first kappa shape index (κ1) is 18.7. The fraction of sp³-hybridized carbons (Fsp3) is 0.632. The summed E-state index contributed by atoms with van der Waals surface area (Å²) in [6, 6.07) is 8.62. The van der Waals surface area contributed by atoms with Crippen LogP contribution >= 0.6 is 0 Å². The Morgan fingerprint density at radius 2 is 2.04 bits per heavy atom. The molecule has 0 heterocycles. The van der Waals surface area contributed by atoms with Gasteiger partial charge < -0.3 is 20.5 Å². The first-order valence-electron chi connectivity index (χ1n) is 8.73. The summed E-state index contributed by atoms with van der Waals surface area (Å²) < 4.78 is 5.16. The lowest BCUT2D eigenvalue weighted by Gasteiger charge is -2.23. The predicted molar refractivity (Wildman–Crippen MR) is 95.0 cm³/mol. The van der Waals surface area contributed by atoms with Crippen molar-refractivity contribution < 1.29 is 14.6 Å². The van der Waals surface area contributed by atoms with E-state index in [4.69, 9.17) is 4.74 Å². The summed E-state index contributed by atoms with van der Waals surface area (Å²) in [6.07, 6.45) is 2.02. The minimum atomic E-state index is -0.649. The number of rotatable bonds is 7. The van der Waals surface area contributed by atoms with Gasteiger partial charge in [-0.1, -0.05) is 31.2 Å². The Balaban J connectivity index is 1.79. The molecule has 1 aromatic carbocycles. The van der Waals surface area contributed by atoms with Crippen molar-refractivity contribution >= 4 is 6.09 Å². The molecule has 1 amide bonds. The maximum atomic E-state index is 11.6. The van der Waals surface area contributed by atoms with E-state index in [-0.39, 0.29) is 12.1 Å². The minimum Gasteiger partial charge on any atom is -0.444 e. The number of hydrogen-bond donors (Lipinski definition) is 3. The standard InChI is InChI=1S/C19H30N2O3/c1-5-14-7-6-8-15(11-14)19(9-10-19)21-13-16(22)12-20-17(23)24-18(2,3)4/h6-8,11,16,21-22H,5,9-10,12-13H2,1-4H3,(H,20,23)/t16-/m0/s1. The Labute approximate surface area is 144 Å². The van der Waals surface area contributed by atoms with Crippen molar-refractivity contribution in [1.29, 1.82) is 0 Å². The largest absolute Gasteiger partial charge is 0.444 e. The second-order valence-corrected chi connectivity index (χ2v) is 7.55. The highest BCUT2D eigenvalue weighted by Gasteiger charge is 2.44. The lowest BCUT2D eigenvalue weighted by atomic mass is 10.0. The summed E-state index contributed by atoms with van der Waals surface area (Å²) in [4.78, 5) is 11.6. The molecule has 5 heteroatoms. The molecule has 0 unspecified atom stereocenters. The fourth-order valence-electron chi connectivity index (χ4n) is 2.68. The van der Waals surface area contributed by atoms with Gasteiger partial charge in [0.2, 0.25) is 0 Å². The Bertz CT molecular complexity index is 562. The highest BCUT2D eigenvalue weighted by Crippen LogP contribution is 2.45. The van der Waals surface area contributed by atoms with E-state index < -0.39 is 17.8 Å². The molecule has 0 saturated heterocycles. The van der Waals surface area contributed by atoms with Crippen LogP contribution in [0.15, 0.2) is 24.3 Å². The third-order valence-electron chi connectivity index (χ3n) is 4.19. The number of carbonyl (C=O) groups is 1. The number of benzene rings is 1. The maximum absolute atomic E-state index is 11.6. The normalized spacial score (nSPS) is 17.2. The zero-order valence-corrected chi connectivity index (χ0v) is 15.2. The van der Waals surface area contributed by atoms with Crippen LogP contribution in [-0.4, -0.2) is 36.0 Å². The first-order chi connectivity index (χ1) is 11.2. The SMILES string of the molecule is CCc1cccc(C2(NC[C@@H](O)CNC(=O)OC(C)(C)C)CC2)c1. The summed E-state index contributed by atoms with van der Waals surface area (Å²) in [5.41, 5.74) is 2.06. The second kappa shape index (κ2) is 7.53. The van der Waals surface area contributed by atoms with Gasteiger partial charge in [-0.05, 0) is 51.2 Å². The van der Waals surface area contributed by atoms with E-state index in [0.29, 0.717) is 6.54 Å². The van der Waals surface area contributed by atoms with Gasteiger partial charge >= 0.3 is 6.09 Å². The molecule has 1 aliphatic carbocycles. The smallest absolute Gasteiger partial charge is 0.407 e. The van der Waals surface area contributed by atoms with Gasteiger partial charge in [0, 0.05) is 18.6 Å². The average molecular weight is 334 g/mol. The number of aliphatic hydroxyl groups is 1. The van der Waals surface area contributed by atoms with Crippen LogP contribution in [0.3, 0.4) is 0 Å². The first-order valence-corrected chi connectivity index (χ1v) is 8.73. The Morgan fingerprint density at radius 1 is 1.33 bits per heavy atom. The molecule has 0 aromatic heterocycles. The molecule has 1 atom stereocenters. The van der Waals surface area contributed by atoms with E-state index in [1.165, 1.54) is 11.1 Å². The van der Waals surface area contributed by atoms with Gasteiger partial charge in [0.05, 0.1) is 6.10 Å². The summed E-state index contributed by atoms with van der Waals surface area (Å²) in [5.74, 6) is 0. The van der Waals surface area contributed by atoms with Crippen LogP contribution in [0.25, 0.3) is 0 Å². The zero-order chi connectivity index (χ0) is 17.8. The van der Waals surface area contributed by atoms with E-state index in [1.54, 1.807) is 0 Å². The summed E-state index contributed by atoms with van der Waals surface area (Å²) in [7, 11) is 0. The van der Waals surface area contributed by atoms with Gasteiger partial charge in [-0.15, -0.1) is 0 Å². The molecule has 0 spiro atoms. The van der Waals surface area contributed by atoms with Crippen molar-refractivity contribution in [2.45, 2.75) is 64.2 Å². The molecule has 3 N–H and O–H groups in total. The van der Waals surface area contributed by atoms with E-state index in [1.807, 2.05) is 20.8 Å². The van der Waals surface area contributed by atoms with E-state index in [2.05, 4.69) is 41.8 Å². The van der Waals surface area contributed by atoms with Crippen LogP contribution < -0.4 is 10.6 Å². The second-order valence-electron chi connectivity index (χ2n) is 7.55. The highest BCUT2D eigenvalue weighted by molar-refractivity contribution is 5.67. The van der Waals surface area contributed by atoms with Gasteiger partial charge in [0.1, 0.15) is 5.60 Å². The van der Waals surface area contributed by atoms with Crippen molar-refractivity contribution in [1.82, 2.24) is 10.6 Å². The highest BCUT2D eigenvalue weighted by atomic mass is 16.6. The van der Waals surface area contributed by atoms with Crippen LogP contribution in [0, 0.1) is 0 Å². The Kier molecular flexibility index (Phi) is 5.88. The lowest BCUT2D eigenvalue weighted by molar-refractivity contribution is 0.0490. The van der Waals surface area contributed by atoms with Gasteiger partial charge in [0.25, 0.3) is 0 Å². The van der Waals surface area contributed by atoms with Crippen molar-refractivity contribution in [2.24, 2.45) is 0 Å². The predicted octanol–water partition coefficient (Wildman–Crippen LogP) is 2.71. The molecule has 0 radical (unpaired) electrons. The van der Waals surface area contributed by atoms with Crippen molar-refractivity contribution in [2.75, 3.05) is 13.1 Å². The molecule has 24 heavy (non-hydrogen) atoms. The molecular formula is C19H30N2O3. The van der Waals surface area contributed by atoms with Crippen molar-refractivity contribution in [3.05, 3.63) is 35.4 Å². The van der Waals surface area contributed by atoms with Crippen molar-refractivity contribution in [3.8, 4) is 0 Å². The van der Waals surface area contributed by atoms with Gasteiger partial charge in [-0.25, -0.2) is 4.79 Å². The molecule has 1 aliphatic rings. The van der Waals surface area contributed by atoms with Gasteiger partial charge in [0.15, 0.2) is 0 Å². The molecule has 2 rings (SSSR count). The number of alkyl carbamates (subject to hydrolysis) is 1. The number of hydrogen-bond acceptors (Lipinski definition) is 4. The number of ether oxygens (including phenoxy) is 1. The van der Waals surface area contributed by atoms with Crippen LogP contribution in [-0.2, 0) is 16.7 Å². The number of amides is 1. The minimum absolute atomic E-state index is 0.0158. The fourth-order valence-corrected chi connectivity index (χ4v) is 2.68. The van der Waals surface area contributed by atoms with Crippen LogP contribution in [0.2, 0.25) is 0 Å². The maximum Gasteiger partial charge on any atom is 0.407 e. The van der Waals surface area contributed by atoms with Crippen LogP contribution in [0.1, 0.15) is 51.7 Å². The van der Waals surface area contributed by atoms with Gasteiger partial charge in [-0.3, -0.25) is 0 Å². The monoisotopic (exact) mass is 334 g/mol. The Morgan fingerprint density at radius 3 is 2.62 bits per heavy atom. The Hall–Kier alpha value is -1.59. The number of aliphatic hydroxyl groups excluding tert-OH is 1. The number of aryl methyl sites for hydroxylation is 1. The molecule has 1 aromatic rings. The summed E-state index contributed by atoms with van der Waals surface area (Å²) >= 11 is 0. The molecule has 1 saturated carbocycles. The van der Waals surface area contributed by atoms with E-state index in [9.17, 15) is 9.90 Å². The number of carbonyl (C=O) groups excluding carboxylic acids is 1. The van der Waals surface area contributed by atoms with E-state index >= 15 is 0 Å². The lowest BCUT2D eigenvalue weighted by Crippen LogP contribution is -2.42. The average Bonchev–Trinajstić information content (AvgIpc) is 3.30. The molecular weight excluding hydrogens is 304 g/mol. The summed E-state index contributed by atoms with van der Waals surface area (Å²) in [6.45, 7) is 8.20. The third-order valence-corrected chi connectivity index (χ3v) is 4.19. The van der Waals surface area contributed by atoms with Crippen LogP contribution in [0.4, 0.5) is 4.79 Å². The molecule has 5 nitrogen and oxygen atoms in total. The molecule has 1 fully saturated rings. The van der Waals surface area contributed by atoms with Crippen molar-refractivity contribution in [3.63, 3.8) is 0 Å². The summed E-state index contributed by atoms with van der Waals surface area (Å²) in [5, 5.41) is 16.2. The number of nitrogens with one attached hydrogen (secondary N) is 2. The topological polar surface area (TPSA) is 70.6 Å². The molecule has 0 aliphatic heterocycles. The van der Waals surface area contributed by atoms with E-state index in [0.717, 1.165) is 19.3 Å². The zero-order valence-electron chi connectivity index (χ0n) is 15.2. The quantitative estimate of drug-likeness (QED) is 0.717. The molecule has 0 bridgehead atoms. The van der Waals surface area contributed by atoms with Crippen LogP contribution in [0.5, 0.6) is 0 Å².